The molecule has 2 aromatic rings. The Kier molecular flexibility index (Phi) is 7.79. The van der Waals surface area contributed by atoms with Crippen LogP contribution in [0.15, 0.2) is 35.7 Å². The molecule has 0 N–H and O–H groups in total. The number of nitrogens with zero attached hydrogens (tertiary/aromatic N) is 1. The van der Waals surface area contributed by atoms with Crippen LogP contribution in [0.25, 0.3) is 0 Å². The molecule has 0 aliphatic rings. The predicted octanol–water partition coefficient (Wildman–Crippen LogP) is 4.99. The van der Waals surface area contributed by atoms with Gasteiger partial charge in [0.05, 0.1) is 19.8 Å². The highest BCUT2D eigenvalue weighted by Gasteiger charge is 2.17. The number of carbonyl (C=O) groups is 1. The Labute approximate surface area is 154 Å². The topological polar surface area (TPSA) is 38.8 Å². The minimum atomic E-state index is 0.0132. The highest BCUT2D eigenvalue weighted by atomic mass is 32.1. The Hall–Kier alpha value is -2.01. The van der Waals surface area contributed by atoms with Gasteiger partial charge in [0, 0.05) is 17.0 Å². The van der Waals surface area contributed by atoms with Gasteiger partial charge in [0.2, 0.25) is 0 Å². The molecule has 0 spiro atoms. The van der Waals surface area contributed by atoms with Gasteiger partial charge in [-0.3, -0.25) is 4.79 Å². The highest BCUT2D eigenvalue weighted by Crippen LogP contribution is 2.29. The van der Waals surface area contributed by atoms with Crippen molar-refractivity contribution in [3.8, 4) is 11.5 Å². The summed E-state index contributed by atoms with van der Waals surface area (Å²) in [5.41, 5.74) is 0.633. The molecule has 0 radical (unpaired) electrons. The molecule has 0 fully saturated rings. The number of rotatable bonds is 10. The van der Waals surface area contributed by atoms with E-state index in [4.69, 9.17) is 9.47 Å². The van der Waals surface area contributed by atoms with Gasteiger partial charge in [-0.05, 0) is 49.4 Å². The molecule has 1 aromatic carbocycles. The van der Waals surface area contributed by atoms with Crippen molar-refractivity contribution in [2.45, 2.75) is 40.2 Å². The summed E-state index contributed by atoms with van der Waals surface area (Å²) >= 11 is 1.67. The molecule has 0 saturated heterocycles. The van der Waals surface area contributed by atoms with Gasteiger partial charge in [-0.2, -0.15) is 0 Å². The van der Waals surface area contributed by atoms with Crippen LogP contribution in [0.3, 0.4) is 0 Å². The Morgan fingerprint density at radius 2 is 1.76 bits per heavy atom. The maximum absolute atomic E-state index is 12.9. The fraction of sp³-hybridized carbons (Fsp3) is 0.450. The van der Waals surface area contributed by atoms with E-state index in [0.717, 1.165) is 12.8 Å². The molecule has 4 nitrogen and oxygen atoms in total. The molecule has 2 rings (SSSR count). The van der Waals surface area contributed by atoms with E-state index in [1.54, 1.807) is 17.4 Å². The normalized spacial score (nSPS) is 10.5. The first kappa shape index (κ1) is 19.3. The molecule has 136 valence electrons. The molecular formula is C20H27NO3S. The van der Waals surface area contributed by atoms with Crippen molar-refractivity contribution in [3.63, 3.8) is 0 Å². The molecule has 0 aliphatic heterocycles. The van der Waals surface area contributed by atoms with Gasteiger partial charge < -0.3 is 14.4 Å². The van der Waals surface area contributed by atoms with E-state index in [-0.39, 0.29) is 5.91 Å². The molecule has 1 heterocycles. The summed E-state index contributed by atoms with van der Waals surface area (Å²) in [6.07, 6.45) is 1.84. The van der Waals surface area contributed by atoms with Crippen LogP contribution in [0.4, 0.5) is 0 Å². The van der Waals surface area contributed by atoms with Crippen LogP contribution in [0.5, 0.6) is 11.5 Å². The molecule has 0 saturated carbocycles. The van der Waals surface area contributed by atoms with E-state index >= 15 is 0 Å². The number of carbonyl (C=O) groups excluding carboxylic acids is 1. The highest BCUT2D eigenvalue weighted by molar-refractivity contribution is 7.09. The third-order valence-corrected chi connectivity index (χ3v) is 4.57. The maximum atomic E-state index is 12.9. The zero-order chi connectivity index (χ0) is 18.1. The molecule has 0 atom stereocenters. The third kappa shape index (κ3) is 5.49. The predicted molar refractivity (Wildman–Crippen MR) is 103 cm³/mol. The second-order valence-electron chi connectivity index (χ2n) is 5.76. The van der Waals surface area contributed by atoms with Crippen molar-refractivity contribution < 1.29 is 14.3 Å². The minimum Gasteiger partial charge on any atom is -0.490 e. The van der Waals surface area contributed by atoms with Crippen LogP contribution in [0, 0.1) is 0 Å². The lowest BCUT2D eigenvalue weighted by atomic mass is 10.1. The lowest BCUT2D eigenvalue weighted by molar-refractivity contribution is 0.0753. The van der Waals surface area contributed by atoms with Crippen LogP contribution in [-0.2, 0) is 6.54 Å². The van der Waals surface area contributed by atoms with Gasteiger partial charge in [0.15, 0.2) is 11.5 Å². The maximum Gasteiger partial charge on any atom is 0.254 e. The zero-order valence-electron chi connectivity index (χ0n) is 15.3. The fourth-order valence-corrected chi connectivity index (χ4v) is 3.12. The van der Waals surface area contributed by atoms with Gasteiger partial charge in [0.1, 0.15) is 0 Å². The van der Waals surface area contributed by atoms with Gasteiger partial charge in [-0.25, -0.2) is 0 Å². The second-order valence-corrected chi connectivity index (χ2v) is 6.79. The first-order chi connectivity index (χ1) is 12.2. The SMILES string of the molecule is CCCOc1ccc(C(=O)N(CC)Cc2cccs2)cc1OCCC. The van der Waals surface area contributed by atoms with Crippen molar-refractivity contribution in [2.24, 2.45) is 0 Å². The van der Waals surface area contributed by atoms with Crippen molar-refractivity contribution in [2.75, 3.05) is 19.8 Å². The number of hydrogen-bond acceptors (Lipinski definition) is 4. The van der Waals surface area contributed by atoms with E-state index in [2.05, 4.69) is 19.9 Å². The summed E-state index contributed by atoms with van der Waals surface area (Å²) in [5, 5.41) is 2.03. The van der Waals surface area contributed by atoms with E-state index in [1.165, 1.54) is 4.88 Å². The second kappa shape index (κ2) is 10.1. The van der Waals surface area contributed by atoms with Crippen LogP contribution >= 0.6 is 11.3 Å². The zero-order valence-corrected chi connectivity index (χ0v) is 16.1. The van der Waals surface area contributed by atoms with E-state index in [9.17, 15) is 4.79 Å². The number of amides is 1. The molecule has 5 heteroatoms. The van der Waals surface area contributed by atoms with Gasteiger partial charge in [-0.1, -0.05) is 19.9 Å². The van der Waals surface area contributed by atoms with Crippen molar-refractivity contribution >= 4 is 17.2 Å². The first-order valence-electron chi connectivity index (χ1n) is 8.90. The summed E-state index contributed by atoms with van der Waals surface area (Å²) in [7, 11) is 0. The smallest absolute Gasteiger partial charge is 0.254 e. The fourth-order valence-electron chi connectivity index (χ4n) is 2.40. The number of ether oxygens (including phenoxy) is 2. The lowest BCUT2D eigenvalue weighted by Crippen LogP contribution is -2.30. The van der Waals surface area contributed by atoms with E-state index in [0.29, 0.717) is 43.4 Å². The summed E-state index contributed by atoms with van der Waals surface area (Å²) in [5.74, 6) is 1.36. The standard InChI is InChI=1S/C20H27NO3S/c1-4-11-23-18-10-9-16(14-19(18)24-12-5-2)20(22)21(6-3)15-17-8-7-13-25-17/h7-10,13-14H,4-6,11-12,15H2,1-3H3. The van der Waals surface area contributed by atoms with E-state index < -0.39 is 0 Å². The van der Waals surface area contributed by atoms with Crippen LogP contribution in [0.1, 0.15) is 48.8 Å². The summed E-state index contributed by atoms with van der Waals surface area (Å²) < 4.78 is 11.5. The molecule has 0 bridgehead atoms. The van der Waals surface area contributed by atoms with Gasteiger partial charge in [0.25, 0.3) is 5.91 Å². The number of benzene rings is 1. The van der Waals surface area contributed by atoms with Crippen LogP contribution in [-0.4, -0.2) is 30.6 Å². The molecule has 25 heavy (non-hydrogen) atoms. The molecule has 1 aromatic heterocycles. The third-order valence-electron chi connectivity index (χ3n) is 3.71. The minimum absolute atomic E-state index is 0.0132. The summed E-state index contributed by atoms with van der Waals surface area (Å²) in [6, 6.07) is 9.53. The Balaban J connectivity index is 2.19. The van der Waals surface area contributed by atoms with Crippen molar-refractivity contribution in [1.82, 2.24) is 4.90 Å². The van der Waals surface area contributed by atoms with E-state index in [1.807, 2.05) is 35.4 Å². The Morgan fingerprint density at radius 1 is 1.04 bits per heavy atom. The quantitative estimate of drug-likeness (QED) is 0.598. The summed E-state index contributed by atoms with van der Waals surface area (Å²) in [6.45, 7) is 8.65. The molecule has 0 unspecified atom stereocenters. The van der Waals surface area contributed by atoms with Gasteiger partial charge >= 0.3 is 0 Å². The largest absolute Gasteiger partial charge is 0.490 e. The Morgan fingerprint density at radius 3 is 2.36 bits per heavy atom. The average molecular weight is 362 g/mol. The lowest BCUT2D eigenvalue weighted by Gasteiger charge is -2.21. The summed E-state index contributed by atoms with van der Waals surface area (Å²) in [4.78, 5) is 15.9. The van der Waals surface area contributed by atoms with Crippen molar-refractivity contribution in [3.05, 3.63) is 46.2 Å². The monoisotopic (exact) mass is 361 g/mol. The molecular weight excluding hydrogens is 334 g/mol. The van der Waals surface area contributed by atoms with Gasteiger partial charge in [-0.15, -0.1) is 11.3 Å². The van der Waals surface area contributed by atoms with Crippen LogP contribution in [0.2, 0.25) is 0 Å². The Bertz CT molecular complexity index is 655. The first-order valence-corrected chi connectivity index (χ1v) is 9.78. The molecule has 1 amide bonds. The number of hydrogen-bond donors (Lipinski definition) is 0. The molecule has 0 aliphatic carbocycles. The van der Waals surface area contributed by atoms with Crippen LogP contribution < -0.4 is 9.47 Å². The number of thiophene rings is 1. The average Bonchev–Trinajstić information content (AvgIpc) is 3.15. The van der Waals surface area contributed by atoms with Crippen molar-refractivity contribution in [1.29, 1.82) is 0 Å².